The van der Waals surface area contributed by atoms with Crippen LogP contribution in [0, 0.1) is 0 Å². The lowest BCUT2D eigenvalue weighted by Crippen LogP contribution is -2.42. The number of aliphatic hydroxyl groups is 1. The number of hydrogen-bond acceptors (Lipinski definition) is 6. The number of hydrogen-bond donors (Lipinski definition) is 3. The Kier molecular flexibility index (Phi) is 4.02. The van der Waals surface area contributed by atoms with E-state index in [0.29, 0.717) is 28.5 Å². The van der Waals surface area contributed by atoms with Crippen LogP contribution in [-0.2, 0) is 5.60 Å². The number of anilines is 1. The van der Waals surface area contributed by atoms with E-state index in [-0.39, 0.29) is 13.3 Å². The first-order chi connectivity index (χ1) is 12.6. The number of rotatable bonds is 5. The summed E-state index contributed by atoms with van der Waals surface area (Å²) in [6.45, 7) is 0.0439. The quantitative estimate of drug-likeness (QED) is 0.649. The Morgan fingerprint density at radius 1 is 1.15 bits per heavy atom. The van der Waals surface area contributed by atoms with Gasteiger partial charge in [0.15, 0.2) is 17.1 Å². The minimum Gasteiger partial charge on any atom is -0.472 e. The summed E-state index contributed by atoms with van der Waals surface area (Å²) in [5.41, 5.74) is -0.546. The molecule has 1 atom stereocenters. The van der Waals surface area contributed by atoms with Gasteiger partial charge in [0.1, 0.15) is 5.76 Å². The van der Waals surface area contributed by atoms with Gasteiger partial charge in [-0.05, 0) is 30.3 Å². The molecule has 0 saturated carbocycles. The highest BCUT2D eigenvalue weighted by atomic mass is 16.7. The highest BCUT2D eigenvalue weighted by molar-refractivity contribution is 5.89. The van der Waals surface area contributed by atoms with Crippen LogP contribution in [0.3, 0.4) is 0 Å². The molecule has 1 aliphatic rings. The third-order valence-corrected chi connectivity index (χ3v) is 4.06. The molecule has 8 heteroatoms. The number of carbonyl (C=O) groups excluding carboxylic acids is 1. The Labute approximate surface area is 148 Å². The number of ether oxygens (including phenoxy) is 2. The summed E-state index contributed by atoms with van der Waals surface area (Å²) < 4.78 is 20.9. The zero-order valence-electron chi connectivity index (χ0n) is 13.6. The zero-order chi connectivity index (χ0) is 18.0. The van der Waals surface area contributed by atoms with Crippen LogP contribution in [0.15, 0.2) is 64.0 Å². The Hall–Kier alpha value is -3.39. The highest BCUT2D eigenvalue weighted by Crippen LogP contribution is 2.34. The molecule has 134 valence electrons. The van der Waals surface area contributed by atoms with E-state index in [4.69, 9.17) is 18.3 Å². The highest BCUT2D eigenvalue weighted by Gasteiger charge is 2.36. The maximum Gasteiger partial charge on any atom is 0.319 e. The van der Waals surface area contributed by atoms with Crippen LogP contribution in [0.4, 0.5) is 10.5 Å². The average molecular weight is 356 g/mol. The molecular weight excluding hydrogens is 340 g/mol. The topological polar surface area (TPSA) is 106 Å². The number of carbonyl (C=O) groups is 1. The molecule has 1 aromatic carbocycles. The van der Waals surface area contributed by atoms with Crippen LogP contribution in [0.25, 0.3) is 0 Å². The Bertz CT molecular complexity index is 854. The van der Waals surface area contributed by atoms with Crippen molar-refractivity contribution >= 4 is 11.7 Å². The minimum absolute atomic E-state index is 0.115. The van der Waals surface area contributed by atoms with Gasteiger partial charge in [0.25, 0.3) is 0 Å². The van der Waals surface area contributed by atoms with Crippen molar-refractivity contribution in [3.05, 3.63) is 66.5 Å². The molecule has 0 radical (unpaired) electrons. The van der Waals surface area contributed by atoms with Crippen molar-refractivity contribution in [2.45, 2.75) is 5.60 Å². The summed E-state index contributed by atoms with van der Waals surface area (Å²) in [4.78, 5) is 12.2. The Morgan fingerprint density at radius 3 is 2.81 bits per heavy atom. The van der Waals surface area contributed by atoms with E-state index in [0.717, 1.165) is 0 Å². The van der Waals surface area contributed by atoms with Crippen LogP contribution in [0.5, 0.6) is 11.5 Å². The molecule has 2 amide bonds. The normalized spacial score (nSPS) is 14.7. The van der Waals surface area contributed by atoms with E-state index in [1.54, 1.807) is 36.4 Å². The molecule has 0 bridgehead atoms. The predicted molar refractivity (Wildman–Crippen MR) is 90.0 cm³/mol. The van der Waals surface area contributed by atoms with Crippen LogP contribution in [0.1, 0.15) is 11.3 Å². The molecule has 3 N–H and O–H groups in total. The fourth-order valence-electron chi connectivity index (χ4n) is 2.70. The first-order valence-electron chi connectivity index (χ1n) is 7.89. The maximum absolute atomic E-state index is 12.2. The van der Waals surface area contributed by atoms with Crippen LogP contribution in [0.2, 0.25) is 0 Å². The second kappa shape index (κ2) is 6.49. The summed E-state index contributed by atoms with van der Waals surface area (Å²) in [5, 5.41) is 16.4. The molecule has 2 aromatic heterocycles. The lowest BCUT2D eigenvalue weighted by molar-refractivity contribution is 0.0587. The zero-order valence-corrected chi connectivity index (χ0v) is 13.6. The van der Waals surface area contributed by atoms with E-state index in [1.807, 2.05) is 0 Å². The molecule has 0 saturated heterocycles. The van der Waals surface area contributed by atoms with Gasteiger partial charge in [0.2, 0.25) is 6.79 Å². The van der Waals surface area contributed by atoms with E-state index < -0.39 is 11.6 Å². The van der Waals surface area contributed by atoms with Crippen molar-refractivity contribution < 1.29 is 28.2 Å². The molecule has 0 aliphatic carbocycles. The summed E-state index contributed by atoms with van der Waals surface area (Å²) in [6, 6.07) is 9.48. The van der Waals surface area contributed by atoms with Crippen molar-refractivity contribution in [3.63, 3.8) is 0 Å². The molecule has 8 nitrogen and oxygen atoms in total. The van der Waals surface area contributed by atoms with Crippen molar-refractivity contribution in [1.82, 2.24) is 5.32 Å². The molecule has 1 aliphatic heterocycles. The number of furan rings is 2. The Morgan fingerprint density at radius 2 is 2.04 bits per heavy atom. The van der Waals surface area contributed by atoms with Crippen LogP contribution >= 0.6 is 0 Å². The lowest BCUT2D eigenvalue weighted by atomic mass is 9.93. The molecule has 3 aromatic rings. The van der Waals surface area contributed by atoms with Gasteiger partial charge in [0.05, 0.1) is 25.3 Å². The standard InChI is InChI=1S/C18H16N2O6/c21-17(20-13-3-4-14-15(8-13)26-11-25-14)19-10-18(22,12-5-7-23-9-12)16-2-1-6-24-16/h1-9,22H,10-11H2,(H2,19,20,21)/t18-/m0/s1. The van der Waals surface area contributed by atoms with Crippen molar-refractivity contribution in [1.29, 1.82) is 0 Å². The third kappa shape index (κ3) is 2.98. The number of amides is 2. The minimum atomic E-state index is -1.55. The van der Waals surface area contributed by atoms with Gasteiger partial charge in [-0.25, -0.2) is 4.79 Å². The van der Waals surface area contributed by atoms with Gasteiger partial charge in [-0.2, -0.15) is 0 Å². The predicted octanol–water partition coefficient (Wildman–Crippen LogP) is 2.66. The van der Waals surface area contributed by atoms with E-state index in [1.165, 1.54) is 18.8 Å². The van der Waals surface area contributed by atoms with Gasteiger partial charge in [-0.3, -0.25) is 0 Å². The monoisotopic (exact) mass is 356 g/mol. The van der Waals surface area contributed by atoms with Gasteiger partial charge in [-0.15, -0.1) is 0 Å². The van der Waals surface area contributed by atoms with Gasteiger partial charge in [0, 0.05) is 17.3 Å². The van der Waals surface area contributed by atoms with Crippen molar-refractivity contribution in [2.24, 2.45) is 0 Å². The molecule has 3 heterocycles. The third-order valence-electron chi connectivity index (χ3n) is 4.06. The average Bonchev–Trinajstić information content (AvgIpc) is 3.41. The summed E-state index contributed by atoms with van der Waals surface area (Å²) >= 11 is 0. The van der Waals surface area contributed by atoms with E-state index in [2.05, 4.69) is 10.6 Å². The maximum atomic E-state index is 12.2. The first-order valence-corrected chi connectivity index (χ1v) is 7.89. The molecule has 0 unspecified atom stereocenters. The number of benzene rings is 1. The summed E-state index contributed by atoms with van der Waals surface area (Å²) in [7, 11) is 0. The van der Waals surface area contributed by atoms with Crippen molar-refractivity contribution in [3.8, 4) is 11.5 Å². The summed E-state index contributed by atoms with van der Waals surface area (Å²) in [6.07, 6.45) is 4.29. The molecule has 4 rings (SSSR count). The number of nitrogens with one attached hydrogen (secondary N) is 2. The number of fused-ring (bicyclic) bond motifs is 1. The van der Waals surface area contributed by atoms with E-state index >= 15 is 0 Å². The van der Waals surface area contributed by atoms with Gasteiger partial charge in [-0.1, -0.05) is 0 Å². The molecule has 0 fully saturated rings. The fourth-order valence-corrected chi connectivity index (χ4v) is 2.70. The first kappa shape index (κ1) is 16.1. The van der Waals surface area contributed by atoms with Gasteiger partial charge < -0.3 is 34.0 Å². The second-order valence-electron chi connectivity index (χ2n) is 5.73. The van der Waals surface area contributed by atoms with Crippen LogP contribution in [-0.4, -0.2) is 24.5 Å². The molecule has 0 spiro atoms. The second-order valence-corrected chi connectivity index (χ2v) is 5.73. The smallest absolute Gasteiger partial charge is 0.319 e. The molecular formula is C18H16N2O6. The van der Waals surface area contributed by atoms with Gasteiger partial charge >= 0.3 is 6.03 Å². The van der Waals surface area contributed by atoms with Crippen molar-refractivity contribution in [2.75, 3.05) is 18.7 Å². The van der Waals surface area contributed by atoms with Crippen LogP contribution < -0.4 is 20.1 Å². The van der Waals surface area contributed by atoms with E-state index in [9.17, 15) is 9.90 Å². The summed E-state index contributed by atoms with van der Waals surface area (Å²) in [5.74, 6) is 1.48. The SMILES string of the molecule is O=C(NC[C@](O)(c1ccoc1)c1ccco1)Nc1ccc2c(c1)OCO2. The number of urea groups is 1. The lowest BCUT2D eigenvalue weighted by Gasteiger charge is -2.25. The molecule has 26 heavy (non-hydrogen) atoms. The largest absolute Gasteiger partial charge is 0.472 e. The fraction of sp³-hybridized carbons (Fsp3) is 0.167. The Balaban J connectivity index is 1.45.